The first-order chi connectivity index (χ1) is 13.1. The Hall–Kier alpha value is -3.29. The summed E-state index contributed by atoms with van der Waals surface area (Å²) in [4.78, 5) is 24.3. The number of carbonyl (C=O) groups excluding carboxylic acids is 1. The van der Waals surface area contributed by atoms with Crippen LogP contribution in [0.1, 0.15) is 10.5 Å². The fraction of sp³-hybridized carbons (Fsp3) is 0.263. The van der Waals surface area contributed by atoms with Crippen molar-refractivity contribution >= 4 is 11.7 Å². The molecule has 8 heteroatoms. The quantitative estimate of drug-likeness (QED) is 0.709. The second-order valence-corrected chi connectivity index (χ2v) is 6.38. The summed E-state index contributed by atoms with van der Waals surface area (Å²) in [5, 5.41) is 4.15. The van der Waals surface area contributed by atoms with Crippen molar-refractivity contribution in [2.45, 2.75) is 0 Å². The molecule has 1 aliphatic heterocycles. The van der Waals surface area contributed by atoms with Crippen LogP contribution in [0.25, 0.3) is 11.3 Å². The van der Waals surface area contributed by atoms with Crippen molar-refractivity contribution in [3.05, 3.63) is 60.4 Å². The van der Waals surface area contributed by atoms with Gasteiger partial charge < -0.3 is 9.80 Å². The molecule has 0 atom stereocenters. The highest BCUT2D eigenvalue weighted by molar-refractivity contribution is 5.92. The molecular weight excluding hydrogens is 347 g/mol. The minimum atomic E-state index is -0.437. The molecule has 4 rings (SSSR count). The van der Waals surface area contributed by atoms with Crippen molar-refractivity contribution in [3.8, 4) is 11.3 Å². The predicted molar refractivity (Wildman–Crippen MR) is 98.8 cm³/mol. The molecule has 138 valence electrons. The van der Waals surface area contributed by atoms with Crippen LogP contribution in [-0.4, -0.2) is 56.7 Å². The molecule has 2 aromatic heterocycles. The summed E-state index contributed by atoms with van der Waals surface area (Å²) in [7, 11) is 1.77. The normalized spacial score (nSPS) is 14.4. The fourth-order valence-electron chi connectivity index (χ4n) is 3.19. The third-order valence-corrected chi connectivity index (χ3v) is 4.62. The van der Waals surface area contributed by atoms with E-state index in [4.69, 9.17) is 0 Å². The molecule has 0 N–H and O–H groups in total. The minimum absolute atomic E-state index is 0.108. The zero-order chi connectivity index (χ0) is 18.8. The van der Waals surface area contributed by atoms with Crippen molar-refractivity contribution in [2.24, 2.45) is 7.05 Å². The van der Waals surface area contributed by atoms with Crippen molar-refractivity contribution in [1.29, 1.82) is 0 Å². The molecule has 3 aromatic rings. The van der Waals surface area contributed by atoms with E-state index in [0.717, 1.165) is 0 Å². The summed E-state index contributed by atoms with van der Waals surface area (Å²) in [6, 6.07) is 10.9. The summed E-state index contributed by atoms with van der Waals surface area (Å²) in [5.41, 5.74) is 1.42. The SMILES string of the molecule is Cn1ccc(C(=O)N2CCN(c3ncnc(-c4ccccc4)c3F)CC2)n1. The Morgan fingerprint density at radius 1 is 1.04 bits per heavy atom. The Kier molecular flexibility index (Phi) is 4.53. The van der Waals surface area contributed by atoms with Gasteiger partial charge in [0.1, 0.15) is 17.7 Å². The van der Waals surface area contributed by atoms with Crippen LogP contribution in [0.5, 0.6) is 0 Å². The number of anilines is 1. The molecule has 0 unspecified atom stereocenters. The van der Waals surface area contributed by atoms with E-state index in [1.807, 2.05) is 35.2 Å². The minimum Gasteiger partial charge on any atom is -0.351 e. The molecule has 0 spiro atoms. The second-order valence-electron chi connectivity index (χ2n) is 6.38. The van der Waals surface area contributed by atoms with Crippen LogP contribution in [0.4, 0.5) is 10.2 Å². The number of benzene rings is 1. The number of nitrogens with zero attached hydrogens (tertiary/aromatic N) is 6. The van der Waals surface area contributed by atoms with Crippen LogP contribution in [0, 0.1) is 5.82 Å². The molecule has 0 radical (unpaired) electrons. The Balaban J connectivity index is 1.49. The van der Waals surface area contributed by atoms with Gasteiger partial charge in [0.05, 0.1) is 0 Å². The molecule has 0 saturated carbocycles. The number of hydrogen-bond acceptors (Lipinski definition) is 5. The standard InChI is InChI=1S/C19H19FN6O/c1-24-8-7-15(23-24)19(27)26-11-9-25(10-12-26)18-16(20)17(21-13-22-18)14-5-3-2-4-6-14/h2-8,13H,9-12H2,1H3. The highest BCUT2D eigenvalue weighted by Crippen LogP contribution is 2.26. The fourth-order valence-corrected chi connectivity index (χ4v) is 3.19. The molecule has 0 bridgehead atoms. The van der Waals surface area contributed by atoms with Crippen molar-refractivity contribution in [2.75, 3.05) is 31.1 Å². The van der Waals surface area contributed by atoms with Gasteiger partial charge in [0, 0.05) is 45.0 Å². The Morgan fingerprint density at radius 3 is 2.44 bits per heavy atom. The average Bonchev–Trinajstić information content (AvgIpc) is 3.15. The third-order valence-electron chi connectivity index (χ3n) is 4.62. The molecule has 0 aliphatic carbocycles. The van der Waals surface area contributed by atoms with Gasteiger partial charge in [0.2, 0.25) is 0 Å². The lowest BCUT2D eigenvalue weighted by Gasteiger charge is -2.35. The first kappa shape index (κ1) is 17.1. The number of piperazine rings is 1. The maximum Gasteiger partial charge on any atom is 0.274 e. The number of amides is 1. The van der Waals surface area contributed by atoms with E-state index in [1.54, 1.807) is 28.9 Å². The maximum atomic E-state index is 15.0. The van der Waals surface area contributed by atoms with Gasteiger partial charge in [-0.3, -0.25) is 9.48 Å². The predicted octanol–water partition coefficient (Wildman–Crippen LogP) is 1.98. The van der Waals surface area contributed by atoms with Crippen LogP contribution in [0.2, 0.25) is 0 Å². The molecule has 3 heterocycles. The molecule has 1 amide bonds. The molecule has 1 saturated heterocycles. The van der Waals surface area contributed by atoms with E-state index in [0.29, 0.717) is 37.4 Å². The van der Waals surface area contributed by atoms with Gasteiger partial charge in [0.15, 0.2) is 11.6 Å². The summed E-state index contributed by atoms with van der Waals surface area (Å²) >= 11 is 0. The first-order valence-electron chi connectivity index (χ1n) is 8.73. The lowest BCUT2D eigenvalue weighted by Crippen LogP contribution is -2.49. The third kappa shape index (κ3) is 3.38. The van der Waals surface area contributed by atoms with Crippen LogP contribution >= 0.6 is 0 Å². The van der Waals surface area contributed by atoms with E-state index in [-0.39, 0.29) is 17.4 Å². The first-order valence-corrected chi connectivity index (χ1v) is 8.73. The number of halogens is 1. The van der Waals surface area contributed by atoms with E-state index in [1.165, 1.54) is 6.33 Å². The van der Waals surface area contributed by atoms with Gasteiger partial charge in [-0.05, 0) is 6.07 Å². The van der Waals surface area contributed by atoms with Crippen LogP contribution in [0.15, 0.2) is 48.9 Å². The average molecular weight is 366 g/mol. The zero-order valence-corrected chi connectivity index (χ0v) is 14.9. The van der Waals surface area contributed by atoms with E-state index in [9.17, 15) is 4.79 Å². The van der Waals surface area contributed by atoms with E-state index in [2.05, 4.69) is 15.1 Å². The number of aromatic nitrogens is 4. The van der Waals surface area contributed by atoms with Crippen molar-refractivity contribution in [3.63, 3.8) is 0 Å². The molecular formula is C19H19FN6O. The largest absolute Gasteiger partial charge is 0.351 e. The number of carbonyl (C=O) groups is 1. The molecule has 27 heavy (non-hydrogen) atoms. The molecule has 1 aliphatic rings. The summed E-state index contributed by atoms with van der Waals surface area (Å²) < 4.78 is 16.6. The number of aryl methyl sites for hydroxylation is 1. The van der Waals surface area contributed by atoms with Crippen LogP contribution in [-0.2, 0) is 7.05 Å². The number of rotatable bonds is 3. The zero-order valence-electron chi connectivity index (χ0n) is 14.9. The smallest absolute Gasteiger partial charge is 0.274 e. The van der Waals surface area contributed by atoms with Gasteiger partial charge in [-0.15, -0.1) is 0 Å². The highest BCUT2D eigenvalue weighted by atomic mass is 19.1. The monoisotopic (exact) mass is 366 g/mol. The lowest BCUT2D eigenvalue weighted by molar-refractivity contribution is 0.0739. The second kappa shape index (κ2) is 7.14. The summed E-state index contributed by atoms with van der Waals surface area (Å²) in [6.45, 7) is 1.97. The van der Waals surface area contributed by atoms with Gasteiger partial charge in [-0.2, -0.15) is 5.10 Å². The highest BCUT2D eigenvalue weighted by Gasteiger charge is 2.26. The van der Waals surface area contributed by atoms with Gasteiger partial charge in [0.25, 0.3) is 5.91 Å². The maximum absolute atomic E-state index is 15.0. The summed E-state index contributed by atoms with van der Waals surface area (Å²) in [6.07, 6.45) is 3.12. The lowest BCUT2D eigenvalue weighted by atomic mass is 10.1. The van der Waals surface area contributed by atoms with E-state index < -0.39 is 5.82 Å². The van der Waals surface area contributed by atoms with Crippen molar-refractivity contribution in [1.82, 2.24) is 24.6 Å². The Morgan fingerprint density at radius 2 is 1.78 bits per heavy atom. The topological polar surface area (TPSA) is 67.2 Å². The van der Waals surface area contributed by atoms with Gasteiger partial charge in [-0.25, -0.2) is 14.4 Å². The molecule has 7 nitrogen and oxygen atoms in total. The molecule has 1 fully saturated rings. The van der Waals surface area contributed by atoms with E-state index >= 15 is 4.39 Å². The van der Waals surface area contributed by atoms with Crippen molar-refractivity contribution < 1.29 is 9.18 Å². The Labute approximate surface area is 156 Å². The number of hydrogen-bond donors (Lipinski definition) is 0. The summed E-state index contributed by atoms with van der Waals surface area (Å²) in [5.74, 6) is -0.273. The van der Waals surface area contributed by atoms with Crippen LogP contribution < -0.4 is 4.90 Å². The van der Waals surface area contributed by atoms with Gasteiger partial charge >= 0.3 is 0 Å². The Bertz CT molecular complexity index is 950. The van der Waals surface area contributed by atoms with Crippen LogP contribution in [0.3, 0.4) is 0 Å². The van der Waals surface area contributed by atoms with Gasteiger partial charge in [-0.1, -0.05) is 30.3 Å². The molecule has 1 aromatic carbocycles.